The van der Waals surface area contributed by atoms with Crippen LogP contribution in [0.4, 0.5) is 10.1 Å². The van der Waals surface area contributed by atoms with Gasteiger partial charge in [0.25, 0.3) is 0 Å². The summed E-state index contributed by atoms with van der Waals surface area (Å²) in [5.41, 5.74) is 2.47. The fourth-order valence-corrected chi connectivity index (χ4v) is 2.23. The average molecular weight is 317 g/mol. The minimum absolute atomic E-state index is 0.101. The molecule has 2 N–H and O–H groups in total. The third kappa shape index (κ3) is 5.07. The first-order valence-electron chi connectivity index (χ1n) is 7.44. The van der Waals surface area contributed by atoms with E-state index in [1.54, 1.807) is 24.3 Å². The van der Waals surface area contributed by atoms with Crippen molar-refractivity contribution < 1.29 is 19.0 Å². The molecule has 0 atom stereocenters. The zero-order valence-electron chi connectivity index (χ0n) is 13.0. The number of rotatable bonds is 7. The fourth-order valence-electron chi connectivity index (χ4n) is 2.23. The highest BCUT2D eigenvalue weighted by Gasteiger charge is 2.07. The summed E-state index contributed by atoms with van der Waals surface area (Å²) >= 11 is 0. The van der Waals surface area contributed by atoms with Crippen molar-refractivity contribution in [1.29, 1.82) is 0 Å². The predicted octanol–water partition coefficient (Wildman–Crippen LogP) is 2.94. The lowest BCUT2D eigenvalue weighted by atomic mass is 10.1. The van der Waals surface area contributed by atoms with Gasteiger partial charge in [-0.25, -0.2) is 4.39 Å². The van der Waals surface area contributed by atoms with Crippen LogP contribution in [0.5, 0.6) is 5.75 Å². The third-order valence-corrected chi connectivity index (χ3v) is 3.50. The number of hydrogen-bond donors (Lipinski definition) is 2. The molecule has 0 bridgehead atoms. The second-order valence-electron chi connectivity index (χ2n) is 5.19. The van der Waals surface area contributed by atoms with Crippen molar-refractivity contribution in [2.75, 3.05) is 19.0 Å². The number of benzene rings is 2. The first kappa shape index (κ1) is 17.0. The van der Waals surface area contributed by atoms with Crippen LogP contribution in [0.3, 0.4) is 0 Å². The topological polar surface area (TPSA) is 58.6 Å². The molecule has 2 aromatic carbocycles. The van der Waals surface area contributed by atoms with E-state index in [2.05, 4.69) is 5.32 Å². The highest BCUT2D eigenvalue weighted by molar-refractivity contribution is 5.90. The molecule has 0 radical (unpaired) electrons. The SMILES string of the molecule is COc1ccc(CCC(=O)Nc2ccc(CCO)cc2)cc1F. The lowest BCUT2D eigenvalue weighted by molar-refractivity contribution is -0.116. The average Bonchev–Trinajstić information content (AvgIpc) is 2.55. The van der Waals surface area contributed by atoms with Crippen LogP contribution in [0.25, 0.3) is 0 Å². The van der Waals surface area contributed by atoms with Crippen LogP contribution >= 0.6 is 0 Å². The lowest BCUT2D eigenvalue weighted by Gasteiger charge is -2.07. The fraction of sp³-hybridized carbons (Fsp3) is 0.278. The Morgan fingerprint density at radius 2 is 1.83 bits per heavy atom. The molecule has 0 fully saturated rings. The summed E-state index contributed by atoms with van der Waals surface area (Å²) in [7, 11) is 1.41. The Bertz CT molecular complexity index is 656. The van der Waals surface area contributed by atoms with E-state index < -0.39 is 5.82 Å². The van der Waals surface area contributed by atoms with Crippen molar-refractivity contribution in [3.05, 3.63) is 59.4 Å². The lowest BCUT2D eigenvalue weighted by Crippen LogP contribution is -2.12. The number of aliphatic hydroxyl groups excluding tert-OH is 1. The molecular weight excluding hydrogens is 297 g/mol. The zero-order chi connectivity index (χ0) is 16.7. The maximum absolute atomic E-state index is 13.6. The number of aryl methyl sites for hydroxylation is 1. The second kappa shape index (κ2) is 8.29. The molecule has 0 unspecified atom stereocenters. The Labute approximate surface area is 134 Å². The summed E-state index contributed by atoms with van der Waals surface area (Å²) < 4.78 is 18.4. The molecular formula is C18H20FNO3. The van der Waals surface area contributed by atoms with Crippen molar-refractivity contribution in [3.63, 3.8) is 0 Å². The number of ether oxygens (including phenoxy) is 1. The maximum Gasteiger partial charge on any atom is 0.224 e. The van der Waals surface area contributed by atoms with Crippen molar-refractivity contribution >= 4 is 11.6 Å². The van der Waals surface area contributed by atoms with Crippen LogP contribution in [0.2, 0.25) is 0 Å². The summed E-state index contributed by atoms with van der Waals surface area (Å²) in [4.78, 5) is 11.9. The summed E-state index contributed by atoms with van der Waals surface area (Å²) in [6.07, 6.45) is 1.32. The minimum atomic E-state index is -0.426. The monoisotopic (exact) mass is 317 g/mol. The summed E-state index contributed by atoms with van der Waals surface area (Å²) in [5.74, 6) is -0.359. The molecule has 0 spiro atoms. The molecule has 5 heteroatoms. The Hall–Kier alpha value is -2.40. The van der Waals surface area contributed by atoms with E-state index in [0.717, 1.165) is 11.1 Å². The number of methoxy groups -OCH3 is 1. The molecule has 1 amide bonds. The van der Waals surface area contributed by atoms with Crippen molar-refractivity contribution in [1.82, 2.24) is 0 Å². The molecule has 23 heavy (non-hydrogen) atoms. The van der Waals surface area contributed by atoms with Gasteiger partial charge in [-0.2, -0.15) is 0 Å². The number of hydrogen-bond acceptors (Lipinski definition) is 3. The van der Waals surface area contributed by atoms with E-state index in [1.807, 2.05) is 12.1 Å². The van der Waals surface area contributed by atoms with Crippen molar-refractivity contribution in [2.24, 2.45) is 0 Å². The molecule has 0 aromatic heterocycles. The number of aliphatic hydroxyl groups is 1. The van der Waals surface area contributed by atoms with E-state index in [0.29, 0.717) is 18.5 Å². The Morgan fingerprint density at radius 3 is 2.43 bits per heavy atom. The van der Waals surface area contributed by atoms with Gasteiger partial charge in [0.2, 0.25) is 5.91 Å². The molecule has 122 valence electrons. The van der Waals surface area contributed by atoms with Gasteiger partial charge in [0.05, 0.1) is 7.11 Å². The normalized spacial score (nSPS) is 10.4. The van der Waals surface area contributed by atoms with Gasteiger partial charge in [0.15, 0.2) is 11.6 Å². The van der Waals surface area contributed by atoms with Gasteiger partial charge in [0.1, 0.15) is 0 Å². The van der Waals surface area contributed by atoms with Gasteiger partial charge in [-0.05, 0) is 48.2 Å². The van der Waals surface area contributed by atoms with E-state index in [-0.39, 0.29) is 24.7 Å². The maximum atomic E-state index is 13.6. The van der Waals surface area contributed by atoms with Gasteiger partial charge in [-0.1, -0.05) is 18.2 Å². The van der Waals surface area contributed by atoms with Gasteiger partial charge in [-0.3, -0.25) is 4.79 Å². The standard InChI is InChI=1S/C18H20FNO3/c1-23-17-8-4-14(12-16(17)19)5-9-18(22)20-15-6-2-13(3-7-15)10-11-21/h2-4,6-8,12,21H,5,9-11H2,1H3,(H,20,22). The van der Waals surface area contributed by atoms with Crippen LogP contribution in [0.15, 0.2) is 42.5 Å². The molecule has 0 aliphatic heterocycles. The first-order valence-corrected chi connectivity index (χ1v) is 7.44. The van der Waals surface area contributed by atoms with E-state index in [1.165, 1.54) is 13.2 Å². The summed E-state index contributed by atoms with van der Waals surface area (Å²) in [5, 5.41) is 11.7. The molecule has 0 aliphatic carbocycles. The molecule has 0 aliphatic rings. The van der Waals surface area contributed by atoms with E-state index in [9.17, 15) is 9.18 Å². The molecule has 0 heterocycles. The number of anilines is 1. The first-order chi connectivity index (χ1) is 11.1. The largest absolute Gasteiger partial charge is 0.494 e. The highest BCUT2D eigenvalue weighted by Crippen LogP contribution is 2.18. The number of halogens is 1. The van der Waals surface area contributed by atoms with Gasteiger partial charge in [-0.15, -0.1) is 0 Å². The van der Waals surface area contributed by atoms with Crippen LogP contribution in [0.1, 0.15) is 17.5 Å². The Morgan fingerprint density at radius 1 is 1.13 bits per heavy atom. The summed E-state index contributed by atoms with van der Waals surface area (Å²) in [6.45, 7) is 0.101. The van der Waals surface area contributed by atoms with Crippen molar-refractivity contribution in [3.8, 4) is 5.75 Å². The minimum Gasteiger partial charge on any atom is -0.494 e. The van der Waals surface area contributed by atoms with Crippen LogP contribution in [0, 0.1) is 5.82 Å². The number of nitrogens with one attached hydrogen (secondary N) is 1. The Kier molecular flexibility index (Phi) is 6.11. The molecule has 4 nitrogen and oxygen atoms in total. The van der Waals surface area contributed by atoms with Gasteiger partial charge >= 0.3 is 0 Å². The number of carbonyl (C=O) groups excluding carboxylic acids is 1. The zero-order valence-corrected chi connectivity index (χ0v) is 13.0. The summed E-state index contributed by atoms with van der Waals surface area (Å²) in [6, 6.07) is 12.0. The van der Waals surface area contributed by atoms with Crippen LogP contribution < -0.4 is 10.1 Å². The number of carbonyl (C=O) groups is 1. The van der Waals surface area contributed by atoms with Crippen molar-refractivity contribution in [2.45, 2.75) is 19.3 Å². The highest BCUT2D eigenvalue weighted by atomic mass is 19.1. The van der Waals surface area contributed by atoms with Crippen LogP contribution in [-0.4, -0.2) is 24.7 Å². The molecule has 2 aromatic rings. The van der Waals surface area contributed by atoms with E-state index >= 15 is 0 Å². The Balaban J connectivity index is 1.86. The number of amides is 1. The van der Waals surface area contributed by atoms with Gasteiger partial charge in [0, 0.05) is 18.7 Å². The van der Waals surface area contributed by atoms with Gasteiger partial charge < -0.3 is 15.2 Å². The molecule has 0 saturated heterocycles. The quantitative estimate of drug-likeness (QED) is 0.825. The second-order valence-corrected chi connectivity index (χ2v) is 5.19. The smallest absolute Gasteiger partial charge is 0.224 e. The van der Waals surface area contributed by atoms with Crippen LogP contribution in [-0.2, 0) is 17.6 Å². The molecule has 2 rings (SSSR count). The third-order valence-electron chi connectivity index (χ3n) is 3.50. The predicted molar refractivity (Wildman–Crippen MR) is 87.1 cm³/mol. The van der Waals surface area contributed by atoms with E-state index in [4.69, 9.17) is 9.84 Å². The molecule has 0 saturated carbocycles.